The minimum absolute atomic E-state index is 0.0627. The van der Waals surface area contributed by atoms with E-state index in [0.717, 1.165) is 19.0 Å². The van der Waals surface area contributed by atoms with Crippen LogP contribution in [0.15, 0.2) is 54.7 Å². The van der Waals surface area contributed by atoms with E-state index in [1.54, 1.807) is 24.3 Å². The molecule has 0 atom stereocenters. The number of rotatable bonds is 6. The van der Waals surface area contributed by atoms with Crippen molar-refractivity contribution in [2.45, 2.75) is 25.9 Å². The first-order valence-electron chi connectivity index (χ1n) is 8.68. The van der Waals surface area contributed by atoms with Crippen LogP contribution in [-0.4, -0.2) is 9.97 Å². The Morgan fingerprint density at radius 2 is 1.54 bits per heavy atom. The third kappa shape index (κ3) is 5.13. The van der Waals surface area contributed by atoms with Crippen LogP contribution in [-0.2, 0) is 12.6 Å². The Bertz CT molecular complexity index is 926. The monoisotopic (exact) mass is 406 g/mol. The molecule has 4 nitrogen and oxygen atoms in total. The number of nitrogens with one attached hydrogen (secondary N) is 2. The molecule has 0 amide bonds. The van der Waals surface area contributed by atoms with Crippen molar-refractivity contribution in [3.8, 4) is 0 Å². The van der Waals surface area contributed by atoms with E-state index >= 15 is 0 Å². The average Bonchev–Trinajstić information content (AvgIpc) is 2.65. The van der Waals surface area contributed by atoms with Crippen LogP contribution >= 0.6 is 11.6 Å². The quantitative estimate of drug-likeness (QED) is 0.485. The van der Waals surface area contributed by atoms with Gasteiger partial charge in [0.15, 0.2) is 0 Å². The fraction of sp³-hybridized carbons (Fsp3) is 0.200. The Labute approximate surface area is 165 Å². The second-order valence-corrected chi connectivity index (χ2v) is 6.59. The molecule has 0 radical (unpaired) electrons. The third-order valence-electron chi connectivity index (χ3n) is 3.95. The maximum atomic E-state index is 13.3. The van der Waals surface area contributed by atoms with Gasteiger partial charge in [-0.05, 0) is 48.4 Å². The summed E-state index contributed by atoms with van der Waals surface area (Å²) in [6.45, 7) is 2.09. The molecular weight excluding hydrogens is 389 g/mol. The molecule has 3 rings (SSSR count). The maximum Gasteiger partial charge on any atom is 0.421 e. The van der Waals surface area contributed by atoms with Gasteiger partial charge in [0.2, 0.25) is 5.95 Å². The summed E-state index contributed by atoms with van der Waals surface area (Å²) in [5.74, 6) is -0.275. The second kappa shape index (κ2) is 8.48. The van der Waals surface area contributed by atoms with E-state index in [0.29, 0.717) is 16.4 Å². The van der Waals surface area contributed by atoms with Crippen LogP contribution in [0.3, 0.4) is 0 Å². The maximum absolute atomic E-state index is 13.3. The molecule has 1 heterocycles. The van der Waals surface area contributed by atoms with Crippen molar-refractivity contribution in [1.82, 2.24) is 9.97 Å². The lowest BCUT2D eigenvalue weighted by atomic mass is 10.1. The van der Waals surface area contributed by atoms with Crippen LogP contribution in [0.25, 0.3) is 0 Å². The molecule has 0 spiro atoms. The number of hydrogen-bond donors (Lipinski definition) is 2. The lowest BCUT2D eigenvalue weighted by Gasteiger charge is -2.15. The summed E-state index contributed by atoms with van der Waals surface area (Å²) in [5, 5.41) is 6.11. The number of aryl methyl sites for hydroxylation is 1. The van der Waals surface area contributed by atoms with E-state index < -0.39 is 11.7 Å². The number of anilines is 4. The minimum atomic E-state index is -4.59. The molecule has 2 N–H and O–H groups in total. The molecule has 2 aromatic carbocycles. The molecule has 0 saturated carbocycles. The number of alkyl halides is 3. The van der Waals surface area contributed by atoms with Crippen molar-refractivity contribution < 1.29 is 13.2 Å². The Hall–Kier alpha value is -2.80. The summed E-state index contributed by atoms with van der Waals surface area (Å²) >= 11 is 5.82. The highest BCUT2D eigenvalue weighted by molar-refractivity contribution is 6.30. The molecule has 3 aromatic rings. The molecule has 0 fully saturated rings. The molecule has 8 heteroatoms. The molecule has 146 valence electrons. The largest absolute Gasteiger partial charge is 0.421 e. The molecule has 0 saturated heterocycles. The smallest absolute Gasteiger partial charge is 0.340 e. The fourth-order valence-corrected chi connectivity index (χ4v) is 2.71. The summed E-state index contributed by atoms with van der Waals surface area (Å²) in [6.07, 6.45) is -1.82. The average molecular weight is 407 g/mol. The normalized spacial score (nSPS) is 11.3. The molecular formula is C20H18ClF3N4. The number of hydrogen-bond acceptors (Lipinski definition) is 4. The number of halogens is 4. The van der Waals surface area contributed by atoms with Crippen LogP contribution in [0.2, 0.25) is 5.02 Å². The zero-order valence-electron chi connectivity index (χ0n) is 15.0. The molecule has 0 aliphatic rings. The van der Waals surface area contributed by atoms with Gasteiger partial charge in [-0.15, -0.1) is 0 Å². The van der Waals surface area contributed by atoms with Crippen molar-refractivity contribution in [2.75, 3.05) is 10.6 Å². The van der Waals surface area contributed by atoms with E-state index in [4.69, 9.17) is 11.6 Å². The Morgan fingerprint density at radius 3 is 2.14 bits per heavy atom. The highest BCUT2D eigenvalue weighted by Crippen LogP contribution is 2.35. The van der Waals surface area contributed by atoms with E-state index in [9.17, 15) is 13.2 Å². The fourth-order valence-electron chi connectivity index (χ4n) is 2.59. The van der Waals surface area contributed by atoms with Crippen LogP contribution in [0.5, 0.6) is 0 Å². The Morgan fingerprint density at radius 1 is 0.929 bits per heavy atom. The standard InChI is InChI=1S/C20H18ClF3N4/c1-2-3-13-4-8-16(9-5-13)27-19-25-12-17(20(22,23)24)18(28-19)26-15-10-6-14(21)7-11-15/h4-12H,2-3H2,1H3,(H2,25,26,27,28). The zero-order valence-corrected chi connectivity index (χ0v) is 15.8. The van der Waals surface area contributed by atoms with E-state index in [2.05, 4.69) is 27.5 Å². The van der Waals surface area contributed by atoms with Gasteiger partial charge in [-0.2, -0.15) is 18.2 Å². The van der Waals surface area contributed by atoms with Gasteiger partial charge in [0.1, 0.15) is 11.4 Å². The van der Waals surface area contributed by atoms with Gasteiger partial charge >= 0.3 is 6.18 Å². The second-order valence-electron chi connectivity index (χ2n) is 6.16. The third-order valence-corrected chi connectivity index (χ3v) is 4.20. The lowest BCUT2D eigenvalue weighted by Crippen LogP contribution is -2.12. The Kier molecular flexibility index (Phi) is 6.04. The van der Waals surface area contributed by atoms with Crippen LogP contribution < -0.4 is 10.6 Å². The summed E-state index contributed by atoms with van der Waals surface area (Å²) in [6, 6.07) is 13.9. The summed E-state index contributed by atoms with van der Waals surface area (Å²) in [5.41, 5.74) is 1.36. The molecule has 0 bridgehead atoms. The number of nitrogens with zero attached hydrogens (tertiary/aromatic N) is 2. The van der Waals surface area contributed by atoms with Crippen molar-refractivity contribution in [3.63, 3.8) is 0 Å². The van der Waals surface area contributed by atoms with Crippen LogP contribution in [0.1, 0.15) is 24.5 Å². The van der Waals surface area contributed by atoms with E-state index in [1.165, 1.54) is 5.56 Å². The van der Waals surface area contributed by atoms with Crippen molar-refractivity contribution in [2.24, 2.45) is 0 Å². The van der Waals surface area contributed by atoms with Gasteiger partial charge in [0.05, 0.1) is 0 Å². The highest BCUT2D eigenvalue weighted by Gasteiger charge is 2.35. The van der Waals surface area contributed by atoms with Crippen molar-refractivity contribution in [3.05, 3.63) is 70.9 Å². The van der Waals surface area contributed by atoms with E-state index in [1.807, 2.05) is 24.3 Å². The molecule has 0 unspecified atom stereocenters. The van der Waals surface area contributed by atoms with Gasteiger partial charge in [-0.25, -0.2) is 4.98 Å². The zero-order chi connectivity index (χ0) is 20.1. The predicted molar refractivity (Wildman–Crippen MR) is 105 cm³/mol. The number of aromatic nitrogens is 2. The minimum Gasteiger partial charge on any atom is -0.340 e. The first-order chi connectivity index (χ1) is 13.3. The summed E-state index contributed by atoms with van der Waals surface area (Å²) < 4.78 is 40.0. The molecule has 1 aromatic heterocycles. The molecule has 0 aliphatic heterocycles. The molecule has 28 heavy (non-hydrogen) atoms. The summed E-state index contributed by atoms with van der Waals surface area (Å²) in [7, 11) is 0. The first kappa shape index (κ1) is 19.9. The number of benzene rings is 2. The van der Waals surface area contributed by atoms with Gasteiger partial charge in [0.25, 0.3) is 0 Å². The summed E-state index contributed by atoms with van der Waals surface area (Å²) in [4.78, 5) is 7.84. The lowest BCUT2D eigenvalue weighted by molar-refractivity contribution is -0.137. The van der Waals surface area contributed by atoms with Gasteiger partial charge in [0, 0.05) is 22.6 Å². The predicted octanol–water partition coefficient (Wildman–Crippen LogP) is 6.59. The molecule has 0 aliphatic carbocycles. The van der Waals surface area contributed by atoms with Crippen molar-refractivity contribution >= 4 is 34.7 Å². The first-order valence-corrected chi connectivity index (χ1v) is 9.05. The van der Waals surface area contributed by atoms with Gasteiger partial charge in [-0.1, -0.05) is 37.1 Å². The Balaban J connectivity index is 1.87. The van der Waals surface area contributed by atoms with Crippen LogP contribution in [0, 0.1) is 0 Å². The highest BCUT2D eigenvalue weighted by atomic mass is 35.5. The van der Waals surface area contributed by atoms with Gasteiger partial charge < -0.3 is 10.6 Å². The SMILES string of the molecule is CCCc1ccc(Nc2ncc(C(F)(F)F)c(Nc3ccc(Cl)cc3)n2)cc1. The van der Waals surface area contributed by atoms with Gasteiger partial charge in [-0.3, -0.25) is 0 Å². The topological polar surface area (TPSA) is 49.8 Å². The van der Waals surface area contributed by atoms with Crippen LogP contribution in [0.4, 0.5) is 36.3 Å². The van der Waals surface area contributed by atoms with E-state index in [-0.39, 0.29) is 11.8 Å². The van der Waals surface area contributed by atoms with Crippen molar-refractivity contribution in [1.29, 1.82) is 0 Å².